The molecule has 0 heterocycles. The number of nitrogens with two attached hydrogens (primary N) is 1. The van der Waals surface area contributed by atoms with E-state index in [1.54, 1.807) is 0 Å². The SMILES string of the molecule is CC.CC1CCCCC1.CCCCCCN. The van der Waals surface area contributed by atoms with Gasteiger partial charge in [-0.3, -0.25) is 0 Å². The molecule has 0 amide bonds. The van der Waals surface area contributed by atoms with Gasteiger partial charge in [-0.1, -0.05) is 79.1 Å². The quantitative estimate of drug-likeness (QED) is 0.664. The molecule has 100 valence electrons. The zero-order chi connectivity index (χ0) is 12.6. The molecule has 2 N–H and O–H groups in total. The van der Waals surface area contributed by atoms with Crippen molar-refractivity contribution in [3.05, 3.63) is 0 Å². The summed E-state index contributed by atoms with van der Waals surface area (Å²) in [5, 5.41) is 0. The van der Waals surface area contributed by atoms with E-state index in [9.17, 15) is 0 Å². The van der Waals surface area contributed by atoms with Gasteiger partial charge in [0, 0.05) is 0 Å². The van der Waals surface area contributed by atoms with E-state index in [1.165, 1.54) is 57.8 Å². The van der Waals surface area contributed by atoms with Gasteiger partial charge in [-0.15, -0.1) is 0 Å². The van der Waals surface area contributed by atoms with Crippen molar-refractivity contribution in [3.63, 3.8) is 0 Å². The van der Waals surface area contributed by atoms with Crippen molar-refractivity contribution >= 4 is 0 Å². The lowest BCUT2D eigenvalue weighted by atomic mass is 9.91. The Morgan fingerprint density at radius 3 is 1.81 bits per heavy atom. The van der Waals surface area contributed by atoms with Crippen LogP contribution in [0.4, 0.5) is 0 Å². The maximum atomic E-state index is 5.27. The number of rotatable bonds is 4. The minimum absolute atomic E-state index is 0.861. The molecule has 1 heteroatoms. The van der Waals surface area contributed by atoms with Gasteiger partial charge in [-0.25, -0.2) is 0 Å². The van der Waals surface area contributed by atoms with Crippen molar-refractivity contribution in [2.24, 2.45) is 11.7 Å². The van der Waals surface area contributed by atoms with E-state index >= 15 is 0 Å². The summed E-state index contributed by atoms with van der Waals surface area (Å²) in [6.07, 6.45) is 12.6. The summed E-state index contributed by atoms with van der Waals surface area (Å²) in [4.78, 5) is 0. The summed E-state index contributed by atoms with van der Waals surface area (Å²) in [5.41, 5.74) is 5.27. The number of hydrogen-bond acceptors (Lipinski definition) is 1. The Hall–Kier alpha value is -0.0400. The first-order chi connectivity index (χ1) is 7.81. The molecule has 1 saturated carbocycles. The van der Waals surface area contributed by atoms with Crippen molar-refractivity contribution in [1.82, 2.24) is 0 Å². The van der Waals surface area contributed by atoms with E-state index in [0.29, 0.717) is 0 Å². The van der Waals surface area contributed by atoms with Crippen molar-refractivity contribution in [1.29, 1.82) is 0 Å². The summed E-state index contributed by atoms with van der Waals surface area (Å²) >= 11 is 0. The smallest absolute Gasteiger partial charge is 0.00773 e. The van der Waals surface area contributed by atoms with Crippen LogP contribution in [0.5, 0.6) is 0 Å². The van der Waals surface area contributed by atoms with E-state index < -0.39 is 0 Å². The Morgan fingerprint density at radius 1 is 0.938 bits per heavy atom. The van der Waals surface area contributed by atoms with Crippen LogP contribution < -0.4 is 5.73 Å². The van der Waals surface area contributed by atoms with E-state index in [2.05, 4.69) is 13.8 Å². The first-order valence-corrected chi connectivity index (χ1v) is 7.51. The summed E-state index contributed by atoms with van der Waals surface area (Å²) < 4.78 is 0. The lowest BCUT2D eigenvalue weighted by Crippen LogP contribution is -1.99. The summed E-state index contributed by atoms with van der Waals surface area (Å²) in [5.74, 6) is 1.04. The molecule has 0 unspecified atom stereocenters. The zero-order valence-electron chi connectivity index (χ0n) is 12.2. The summed E-state index contributed by atoms with van der Waals surface area (Å²) in [6, 6.07) is 0. The highest BCUT2D eigenvalue weighted by Crippen LogP contribution is 2.22. The third kappa shape index (κ3) is 16.4. The molecule has 16 heavy (non-hydrogen) atoms. The zero-order valence-corrected chi connectivity index (χ0v) is 12.2. The van der Waals surface area contributed by atoms with Crippen LogP contribution in [0.2, 0.25) is 0 Å². The fourth-order valence-corrected chi connectivity index (χ4v) is 1.88. The normalized spacial score (nSPS) is 15.6. The molecular formula is C15H35N. The molecule has 0 radical (unpaired) electrons. The Morgan fingerprint density at radius 2 is 1.50 bits per heavy atom. The molecule has 0 aliphatic heterocycles. The molecule has 1 rings (SSSR count). The molecule has 1 aliphatic carbocycles. The van der Waals surface area contributed by atoms with Crippen molar-refractivity contribution < 1.29 is 0 Å². The van der Waals surface area contributed by atoms with Gasteiger partial charge in [0.25, 0.3) is 0 Å². The van der Waals surface area contributed by atoms with Gasteiger partial charge in [0.2, 0.25) is 0 Å². The molecular weight excluding hydrogens is 194 g/mol. The van der Waals surface area contributed by atoms with Crippen LogP contribution in [-0.2, 0) is 0 Å². The third-order valence-corrected chi connectivity index (χ3v) is 2.95. The second-order valence-electron chi connectivity index (χ2n) is 4.59. The molecule has 1 nitrogen and oxygen atoms in total. The summed E-state index contributed by atoms with van der Waals surface area (Å²) in [6.45, 7) is 9.43. The molecule has 0 atom stereocenters. The van der Waals surface area contributed by atoms with Gasteiger partial charge in [-0.05, 0) is 18.9 Å². The molecule has 0 bridgehead atoms. The van der Waals surface area contributed by atoms with Crippen LogP contribution in [0.25, 0.3) is 0 Å². The van der Waals surface area contributed by atoms with Gasteiger partial charge in [0.05, 0.1) is 0 Å². The second-order valence-corrected chi connectivity index (χ2v) is 4.59. The average molecular weight is 229 g/mol. The van der Waals surface area contributed by atoms with E-state index in [4.69, 9.17) is 5.73 Å². The van der Waals surface area contributed by atoms with Crippen molar-refractivity contribution in [3.8, 4) is 0 Å². The molecule has 0 spiro atoms. The van der Waals surface area contributed by atoms with E-state index in [1.807, 2.05) is 13.8 Å². The van der Waals surface area contributed by atoms with Crippen LogP contribution in [-0.4, -0.2) is 6.54 Å². The lowest BCUT2D eigenvalue weighted by Gasteiger charge is -2.15. The lowest BCUT2D eigenvalue weighted by molar-refractivity contribution is 0.385. The largest absolute Gasteiger partial charge is 0.330 e. The highest BCUT2D eigenvalue weighted by molar-refractivity contribution is 4.59. The third-order valence-electron chi connectivity index (χ3n) is 2.95. The fourth-order valence-electron chi connectivity index (χ4n) is 1.88. The van der Waals surface area contributed by atoms with Gasteiger partial charge >= 0.3 is 0 Å². The highest BCUT2D eigenvalue weighted by atomic mass is 14.5. The van der Waals surface area contributed by atoms with Crippen molar-refractivity contribution in [2.45, 2.75) is 85.5 Å². The number of unbranched alkanes of at least 4 members (excludes halogenated alkanes) is 3. The van der Waals surface area contributed by atoms with E-state index in [0.717, 1.165) is 12.5 Å². The Labute approximate surface area is 104 Å². The topological polar surface area (TPSA) is 26.0 Å². The molecule has 1 fully saturated rings. The van der Waals surface area contributed by atoms with Gasteiger partial charge in [0.1, 0.15) is 0 Å². The van der Waals surface area contributed by atoms with Crippen LogP contribution in [0.3, 0.4) is 0 Å². The predicted molar refractivity (Wildman–Crippen MR) is 76.8 cm³/mol. The van der Waals surface area contributed by atoms with E-state index in [-0.39, 0.29) is 0 Å². The Bertz CT molecular complexity index is 91.6. The maximum Gasteiger partial charge on any atom is -0.00773 e. The Kier molecular flexibility index (Phi) is 19.9. The first kappa shape index (κ1) is 18.3. The monoisotopic (exact) mass is 229 g/mol. The molecule has 0 aromatic rings. The van der Waals surface area contributed by atoms with Crippen LogP contribution in [0, 0.1) is 5.92 Å². The highest BCUT2D eigenvalue weighted by Gasteiger charge is 2.05. The average Bonchev–Trinajstić information content (AvgIpc) is 2.34. The molecule has 0 saturated heterocycles. The second kappa shape index (κ2) is 17.4. The minimum Gasteiger partial charge on any atom is -0.330 e. The fraction of sp³-hybridized carbons (Fsp3) is 1.00. The molecule has 0 aromatic carbocycles. The first-order valence-electron chi connectivity index (χ1n) is 7.51. The standard InChI is InChI=1S/C7H14.C6H15N.C2H6/c1-7-5-3-2-4-6-7;1-2-3-4-5-6-7;1-2/h7H,2-6H2,1H3;2-7H2,1H3;1-2H3. The summed E-state index contributed by atoms with van der Waals surface area (Å²) in [7, 11) is 0. The van der Waals surface area contributed by atoms with Gasteiger partial charge in [0.15, 0.2) is 0 Å². The van der Waals surface area contributed by atoms with Crippen molar-refractivity contribution in [2.75, 3.05) is 6.54 Å². The number of hydrogen-bond donors (Lipinski definition) is 1. The maximum absolute atomic E-state index is 5.27. The van der Waals surface area contributed by atoms with Gasteiger partial charge in [-0.2, -0.15) is 0 Å². The molecule has 1 aliphatic rings. The van der Waals surface area contributed by atoms with Gasteiger partial charge < -0.3 is 5.73 Å². The van der Waals surface area contributed by atoms with Crippen LogP contribution in [0.15, 0.2) is 0 Å². The van der Waals surface area contributed by atoms with Crippen LogP contribution in [0.1, 0.15) is 85.5 Å². The predicted octanol–water partition coefficient (Wildman–Crippen LogP) is 5.14. The minimum atomic E-state index is 0.861. The Balaban J connectivity index is 0. The molecule has 0 aromatic heterocycles. The van der Waals surface area contributed by atoms with Crippen LogP contribution >= 0.6 is 0 Å².